The van der Waals surface area contributed by atoms with Gasteiger partial charge in [0, 0.05) is 18.0 Å². The predicted octanol–water partition coefficient (Wildman–Crippen LogP) is 1.94. The molecule has 2 aromatic heterocycles. The van der Waals surface area contributed by atoms with E-state index in [1.54, 1.807) is 6.92 Å². The van der Waals surface area contributed by atoms with E-state index >= 15 is 0 Å². The Morgan fingerprint density at radius 1 is 1.36 bits per heavy atom. The first kappa shape index (κ1) is 15.8. The molecule has 0 radical (unpaired) electrons. The van der Waals surface area contributed by atoms with Crippen molar-refractivity contribution in [2.45, 2.75) is 13.1 Å². The van der Waals surface area contributed by atoms with Crippen LogP contribution in [0.5, 0.6) is 5.88 Å². The average Bonchev–Trinajstić information content (AvgIpc) is 2.89. The second-order valence-electron chi connectivity index (χ2n) is 4.40. The molecule has 0 saturated carbocycles. The lowest BCUT2D eigenvalue weighted by molar-refractivity contribution is -0.137. The maximum Gasteiger partial charge on any atom is 0.417 e. The molecule has 0 fully saturated rings. The number of nitrogens with zero attached hydrogens (tertiary/aromatic N) is 2. The molecule has 2 aromatic rings. The summed E-state index contributed by atoms with van der Waals surface area (Å²) in [7, 11) is 0. The van der Waals surface area contributed by atoms with Crippen LogP contribution in [0.2, 0.25) is 0 Å². The van der Waals surface area contributed by atoms with Crippen LogP contribution in [0.4, 0.5) is 13.2 Å². The molecule has 0 aliphatic rings. The van der Waals surface area contributed by atoms with Crippen LogP contribution in [-0.4, -0.2) is 34.2 Å². The second-order valence-corrected chi connectivity index (χ2v) is 4.40. The number of H-pyrrole nitrogens is 1. The summed E-state index contributed by atoms with van der Waals surface area (Å²) in [6, 6.07) is 2.01. The first-order valence-corrected chi connectivity index (χ1v) is 6.32. The third-order valence-electron chi connectivity index (χ3n) is 2.78. The van der Waals surface area contributed by atoms with Gasteiger partial charge in [-0.3, -0.25) is 9.89 Å². The zero-order valence-electron chi connectivity index (χ0n) is 11.6. The summed E-state index contributed by atoms with van der Waals surface area (Å²) in [6.45, 7) is 1.98. The van der Waals surface area contributed by atoms with E-state index in [4.69, 9.17) is 4.74 Å². The smallest absolute Gasteiger partial charge is 0.417 e. The number of nitrogens with one attached hydrogen (secondary N) is 2. The fourth-order valence-electron chi connectivity index (χ4n) is 1.63. The van der Waals surface area contributed by atoms with E-state index in [0.717, 1.165) is 12.1 Å². The van der Waals surface area contributed by atoms with Crippen LogP contribution in [0.25, 0.3) is 0 Å². The van der Waals surface area contributed by atoms with Gasteiger partial charge in [-0.05, 0) is 13.0 Å². The lowest BCUT2D eigenvalue weighted by Crippen LogP contribution is -2.28. The molecule has 1 amide bonds. The van der Waals surface area contributed by atoms with Crippen LogP contribution in [-0.2, 0) is 6.18 Å². The molecule has 0 bridgehead atoms. The highest BCUT2D eigenvalue weighted by atomic mass is 19.4. The van der Waals surface area contributed by atoms with Gasteiger partial charge < -0.3 is 10.1 Å². The van der Waals surface area contributed by atoms with Crippen molar-refractivity contribution in [3.8, 4) is 5.88 Å². The quantitative estimate of drug-likeness (QED) is 0.827. The summed E-state index contributed by atoms with van der Waals surface area (Å²) >= 11 is 0. The number of pyridine rings is 1. The van der Waals surface area contributed by atoms with Crippen molar-refractivity contribution in [3.05, 3.63) is 41.3 Å². The van der Waals surface area contributed by atoms with Crippen LogP contribution in [0.1, 0.15) is 21.6 Å². The summed E-state index contributed by atoms with van der Waals surface area (Å²) in [4.78, 5) is 15.3. The van der Waals surface area contributed by atoms with Crippen molar-refractivity contribution in [3.63, 3.8) is 0 Å². The van der Waals surface area contributed by atoms with Gasteiger partial charge in [-0.15, -0.1) is 0 Å². The lowest BCUT2D eigenvalue weighted by Gasteiger charge is -2.08. The Bertz CT molecular complexity index is 637. The molecule has 0 unspecified atom stereocenters. The molecule has 0 aromatic carbocycles. The molecule has 2 heterocycles. The third kappa shape index (κ3) is 3.96. The summed E-state index contributed by atoms with van der Waals surface area (Å²) in [5.41, 5.74) is 0.221. The zero-order chi connectivity index (χ0) is 16.2. The van der Waals surface area contributed by atoms with Gasteiger partial charge >= 0.3 is 6.18 Å². The first-order valence-electron chi connectivity index (χ1n) is 6.32. The highest BCUT2D eigenvalue weighted by Gasteiger charge is 2.30. The van der Waals surface area contributed by atoms with Gasteiger partial charge in [-0.2, -0.15) is 18.3 Å². The summed E-state index contributed by atoms with van der Waals surface area (Å²) < 4.78 is 42.2. The van der Waals surface area contributed by atoms with Crippen molar-refractivity contribution in [2.75, 3.05) is 13.2 Å². The number of ether oxygens (including phenoxy) is 1. The molecule has 0 aliphatic carbocycles. The van der Waals surface area contributed by atoms with Crippen molar-refractivity contribution in [1.82, 2.24) is 20.5 Å². The van der Waals surface area contributed by atoms with Crippen LogP contribution >= 0.6 is 0 Å². The Labute approximate surface area is 123 Å². The molecule has 9 heteroatoms. The van der Waals surface area contributed by atoms with Crippen molar-refractivity contribution in [2.24, 2.45) is 0 Å². The minimum absolute atomic E-state index is 0.0572. The molecule has 0 saturated heterocycles. The standard InChI is InChI=1S/C13H13F3N4O2/c1-8-10(7-19-20-8)12(21)17-4-5-22-11-3-2-9(6-18-11)13(14,15)16/h2-3,6-7H,4-5H2,1H3,(H,17,21)(H,19,20). The maximum absolute atomic E-state index is 12.3. The van der Waals surface area contributed by atoms with E-state index < -0.39 is 11.7 Å². The lowest BCUT2D eigenvalue weighted by atomic mass is 10.2. The van der Waals surface area contributed by atoms with E-state index in [9.17, 15) is 18.0 Å². The van der Waals surface area contributed by atoms with Crippen molar-refractivity contribution in [1.29, 1.82) is 0 Å². The van der Waals surface area contributed by atoms with Gasteiger partial charge in [-0.25, -0.2) is 4.98 Å². The van der Waals surface area contributed by atoms with Gasteiger partial charge in [-0.1, -0.05) is 0 Å². The molecule has 118 valence electrons. The third-order valence-corrected chi connectivity index (χ3v) is 2.78. The van der Waals surface area contributed by atoms with E-state index in [2.05, 4.69) is 20.5 Å². The number of carbonyl (C=O) groups is 1. The Kier molecular flexibility index (Phi) is 4.64. The SMILES string of the molecule is Cc1[nH]ncc1C(=O)NCCOc1ccc(C(F)(F)F)cn1. The molecule has 0 spiro atoms. The van der Waals surface area contributed by atoms with E-state index in [1.807, 2.05) is 0 Å². The molecular weight excluding hydrogens is 301 g/mol. The monoisotopic (exact) mass is 314 g/mol. The molecule has 0 atom stereocenters. The number of rotatable bonds is 5. The summed E-state index contributed by atoms with van der Waals surface area (Å²) in [5.74, 6) is -0.253. The number of amides is 1. The second kappa shape index (κ2) is 6.46. The number of aromatic nitrogens is 3. The van der Waals surface area contributed by atoms with Gasteiger partial charge in [0.25, 0.3) is 5.91 Å². The van der Waals surface area contributed by atoms with E-state index in [1.165, 1.54) is 6.20 Å². The fraction of sp³-hybridized carbons (Fsp3) is 0.308. The van der Waals surface area contributed by atoms with Gasteiger partial charge in [0.1, 0.15) is 6.61 Å². The molecule has 6 nitrogen and oxygen atoms in total. The number of hydrogen-bond donors (Lipinski definition) is 2. The normalized spacial score (nSPS) is 11.3. The first-order chi connectivity index (χ1) is 10.4. The minimum atomic E-state index is -4.43. The maximum atomic E-state index is 12.3. The summed E-state index contributed by atoms with van der Waals surface area (Å²) in [5, 5.41) is 8.97. The number of aromatic amines is 1. The topological polar surface area (TPSA) is 79.9 Å². The van der Waals surface area contributed by atoms with Crippen molar-refractivity contribution >= 4 is 5.91 Å². The Balaban J connectivity index is 1.77. The average molecular weight is 314 g/mol. The Hall–Kier alpha value is -2.58. The highest BCUT2D eigenvalue weighted by molar-refractivity contribution is 5.94. The molecular formula is C13H13F3N4O2. The molecule has 2 N–H and O–H groups in total. The molecule has 0 aliphatic heterocycles. The Morgan fingerprint density at radius 3 is 2.68 bits per heavy atom. The largest absolute Gasteiger partial charge is 0.476 e. The Morgan fingerprint density at radius 2 is 2.14 bits per heavy atom. The van der Waals surface area contributed by atoms with Crippen LogP contribution in [0, 0.1) is 6.92 Å². The van der Waals surface area contributed by atoms with Crippen molar-refractivity contribution < 1.29 is 22.7 Å². The predicted molar refractivity (Wildman–Crippen MR) is 70.4 cm³/mol. The van der Waals surface area contributed by atoms with Gasteiger partial charge in [0.05, 0.1) is 23.9 Å². The van der Waals surface area contributed by atoms with Crippen LogP contribution in [0.15, 0.2) is 24.5 Å². The number of hydrogen-bond acceptors (Lipinski definition) is 4. The van der Waals surface area contributed by atoms with E-state index in [-0.39, 0.29) is 24.9 Å². The molecule has 2 rings (SSSR count). The molecule has 22 heavy (non-hydrogen) atoms. The fourth-order valence-corrected chi connectivity index (χ4v) is 1.63. The van der Waals surface area contributed by atoms with Crippen LogP contribution in [0.3, 0.4) is 0 Å². The van der Waals surface area contributed by atoms with Gasteiger partial charge in [0.2, 0.25) is 5.88 Å². The number of carbonyl (C=O) groups excluding carboxylic acids is 1. The highest BCUT2D eigenvalue weighted by Crippen LogP contribution is 2.29. The zero-order valence-corrected chi connectivity index (χ0v) is 11.6. The van der Waals surface area contributed by atoms with Crippen LogP contribution < -0.4 is 10.1 Å². The number of halogens is 3. The van der Waals surface area contributed by atoms with Gasteiger partial charge in [0.15, 0.2) is 0 Å². The van der Waals surface area contributed by atoms with E-state index in [0.29, 0.717) is 17.5 Å². The number of alkyl halides is 3. The minimum Gasteiger partial charge on any atom is -0.476 e. The number of aryl methyl sites for hydroxylation is 1. The summed E-state index contributed by atoms with van der Waals surface area (Å²) in [6.07, 6.45) is -2.33.